The van der Waals surface area contributed by atoms with Crippen molar-refractivity contribution in [3.8, 4) is 0 Å². The highest BCUT2D eigenvalue weighted by Gasteiger charge is 2.31. The van der Waals surface area contributed by atoms with E-state index in [0.29, 0.717) is 24.5 Å². The van der Waals surface area contributed by atoms with Crippen LogP contribution in [0.15, 0.2) is 48.5 Å². The highest BCUT2D eigenvalue weighted by Crippen LogP contribution is 2.30. The van der Waals surface area contributed by atoms with E-state index < -0.39 is 0 Å². The van der Waals surface area contributed by atoms with Gasteiger partial charge in [0.1, 0.15) is 17.4 Å². The molecule has 3 aromatic rings. The minimum absolute atomic E-state index is 0.184. The smallest absolute Gasteiger partial charge is 0.148 e. The number of nitrogens with one attached hydrogen (secondary N) is 1. The maximum Gasteiger partial charge on any atom is 0.148 e. The van der Waals surface area contributed by atoms with Gasteiger partial charge in [-0.15, -0.1) is 0 Å². The molecule has 0 unspecified atom stereocenters. The summed E-state index contributed by atoms with van der Waals surface area (Å²) in [6.45, 7) is 2.87. The van der Waals surface area contributed by atoms with E-state index in [1.165, 1.54) is 0 Å². The number of benzene rings is 1. The number of nitrogens with zero attached hydrogens (tertiary/aromatic N) is 4. The molecule has 2 aromatic heterocycles. The maximum absolute atomic E-state index is 10.5. The van der Waals surface area contributed by atoms with Gasteiger partial charge in [0.15, 0.2) is 0 Å². The molecule has 25 heavy (non-hydrogen) atoms. The fraction of sp³-hybridized carbons (Fsp3) is 0.211. The van der Waals surface area contributed by atoms with E-state index >= 15 is 0 Å². The van der Waals surface area contributed by atoms with E-state index in [-0.39, 0.29) is 11.6 Å². The van der Waals surface area contributed by atoms with Crippen LogP contribution in [-0.2, 0) is 13.6 Å². The average molecular weight is 333 g/mol. The van der Waals surface area contributed by atoms with Crippen LogP contribution in [0.4, 0.5) is 0 Å². The summed E-state index contributed by atoms with van der Waals surface area (Å²) >= 11 is 0. The minimum atomic E-state index is 0.184. The number of aryl methyl sites for hydroxylation is 2. The number of rotatable bonds is 3. The van der Waals surface area contributed by atoms with Crippen LogP contribution >= 0.6 is 0 Å². The molecule has 1 aliphatic heterocycles. The third-order valence-electron chi connectivity index (χ3n) is 4.54. The Balaban J connectivity index is 1.70. The lowest BCUT2D eigenvalue weighted by Gasteiger charge is -2.18. The molecule has 0 spiro atoms. The van der Waals surface area contributed by atoms with Crippen molar-refractivity contribution in [3.63, 3.8) is 0 Å². The highest BCUT2D eigenvalue weighted by molar-refractivity contribution is 6.23. The zero-order valence-electron chi connectivity index (χ0n) is 14.2. The molecule has 0 bridgehead atoms. The maximum atomic E-state index is 10.5. The number of hydrogen-bond acceptors (Lipinski definition) is 4. The molecule has 6 heteroatoms. The molecule has 0 saturated heterocycles. The molecule has 1 aliphatic rings. The largest absolute Gasteiger partial charge is 0.510 e. The standard InChI is InChI=1S/C19H19N5O/c1-12-5-6-15-14(8-12)22-19(23(15)2)17-16(25)11-24(18(17)20)10-13-4-3-7-21-9-13/h3-9,20,25H,10-11H2,1-2H3. The van der Waals surface area contributed by atoms with Crippen molar-refractivity contribution in [3.05, 3.63) is 65.4 Å². The highest BCUT2D eigenvalue weighted by atomic mass is 16.3. The van der Waals surface area contributed by atoms with E-state index in [1.54, 1.807) is 12.4 Å². The van der Waals surface area contributed by atoms with Crippen LogP contribution in [0.2, 0.25) is 0 Å². The molecule has 4 rings (SSSR count). The van der Waals surface area contributed by atoms with Crippen molar-refractivity contribution in [2.45, 2.75) is 13.5 Å². The molecule has 0 fully saturated rings. The number of pyridine rings is 1. The predicted molar refractivity (Wildman–Crippen MR) is 97.4 cm³/mol. The van der Waals surface area contributed by atoms with Gasteiger partial charge < -0.3 is 14.6 Å². The van der Waals surface area contributed by atoms with Gasteiger partial charge in [-0.3, -0.25) is 10.4 Å². The van der Waals surface area contributed by atoms with Crippen LogP contribution < -0.4 is 0 Å². The van der Waals surface area contributed by atoms with Crippen molar-refractivity contribution in [1.29, 1.82) is 5.41 Å². The third-order valence-corrected chi connectivity index (χ3v) is 4.54. The van der Waals surface area contributed by atoms with Crippen LogP contribution in [0.5, 0.6) is 0 Å². The van der Waals surface area contributed by atoms with E-state index in [0.717, 1.165) is 22.2 Å². The first-order chi connectivity index (χ1) is 12.0. The number of aliphatic hydroxyl groups excluding tert-OH is 1. The Bertz CT molecular complexity index is 1000. The Morgan fingerprint density at radius 2 is 2.12 bits per heavy atom. The Kier molecular flexibility index (Phi) is 3.53. The van der Waals surface area contributed by atoms with Crippen LogP contribution in [0, 0.1) is 12.3 Å². The first-order valence-corrected chi connectivity index (χ1v) is 8.13. The number of amidine groups is 1. The molecule has 6 nitrogen and oxygen atoms in total. The molecule has 0 amide bonds. The summed E-state index contributed by atoms with van der Waals surface area (Å²) in [5.41, 5.74) is 4.49. The second-order valence-corrected chi connectivity index (χ2v) is 6.37. The number of hydrogen-bond donors (Lipinski definition) is 2. The Morgan fingerprint density at radius 3 is 2.88 bits per heavy atom. The Morgan fingerprint density at radius 1 is 1.28 bits per heavy atom. The zero-order valence-corrected chi connectivity index (χ0v) is 14.2. The number of aromatic nitrogens is 3. The van der Waals surface area contributed by atoms with Crippen LogP contribution in [-0.4, -0.2) is 36.9 Å². The molecule has 0 radical (unpaired) electrons. The summed E-state index contributed by atoms with van der Waals surface area (Å²) in [4.78, 5) is 10.6. The van der Waals surface area contributed by atoms with E-state index in [4.69, 9.17) is 5.41 Å². The van der Waals surface area contributed by atoms with Gasteiger partial charge in [0.25, 0.3) is 0 Å². The van der Waals surface area contributed by atoms with Gasteiger partial charge in [-0.1, -0.05) is 12.1 Å². The fourth-order valence-corrected chi connectivity index (χ4v) is 3.25. The van der Waals surface area contributed by atoms with Gasteiger partial charge in [-0.05, 0) is 36.2 Å². The lowest BCUT2D eigenvalue weighted by molar-refractivity contribution is 0.346. The quantitative estimate of drug-likeness (QED) is 0.772. The average Bonchev–Trinajstić information content (AvgIpc) is 3.05. The molecule has 1 aromatic carbocycles. The van der Waals surface area contributed by atoms with E-state index in [2.05, 4.69) is 9.97 Å². The summed E-state index contributed by atoms with van der Waals surface area (Å²) in [5, 5.41) is 19.0. The lowest BCUT2D eigenvalue weighted by Crippen LogP contribution is -2.26. The van der Waals surface area contributed by atoms with Gasteiger partial charge in [0, 0.05) is 26.0 Å². The zero-order chi connectivity index (χ0) is 17.6. The minimum Gasteiger partial charge on any atom is -0.510 e. The summed E-state index contributed by atoms with van der Waals surface area (Å²) in [5.74, 6) is 1.09. The molecule has 2 N–H and O–H groups in total. The molecule has 3 heterocycles. The van der Waals surface area contributed by atoms with Crippen molar-refractivity contribution < 1.29 is 5.11 Å². The van der Waals surface area contributed by atoms with E-state index in [1.807, 2.05) is 53.8 Å². The summed E-state index contributed by atoms with van der Waals surface area (Å²) in [7, 11) is 1.91. The predicted octanol–water partition coefficient (Wildman–Crippen LogP) is 3.04. The second-order valence-electron chi connectivity index (χ2n) is 6.37. The van der Waals surface area contributed by atoms with E-state index in [9.17, 15) is 5.11 Å². The lowest BCUT2D eigenvalue weighted by atomic mass is 10.2. The fourth-order valence-electron chi connectivity index (χ4n) is 3.25. The SMILES string of the molecule is Cc1ccc2c(c1)nc(C1=C(O)CN(Cc3cccnc3)C1=N)n2C. The molecule has 0 aliphatic carbocycles. The molecule has 0 atom stereocenters. The van der Waals surface area contributed by atoms with Crippen molar-refractivity contribution in [2.24, 2.45) is 7.05 Å². The van der Waals surface area contributed by atoms with Crippen LogP contribution in [0.3, 0.4) is 0 Å². The number of aliphatic hydroxyl groups is 1. The molecule has 126 valence electrons. The van der Waals surface area contributed by atoms with Crippen molar-refractivity contribution >= 4 is 22.4 Å². The van der Waals surface area contributed by atoms with Gasteiger partial charge in [-0.2, -0.15) is 0 Å². The van der Waals surface area contributed by atoms with Gasteiger partial charge in [0.05, 0.1) is 23.2 Å². The van der Waals surface area contributed by atoms with Gasteiger partial charge in [-0.25, -0.2) is 4.98 Å². The third kappa shape index (κ3) is 2.55. The summed E-state index contributed by atoms with van der Waals surface area (Å²) in [6, 6.07) is 9.91. The first-order valence-electron chi connectivity index (χ1n) is 8.13. The molecule has 0 saturated carbocycles. The van der Waals surface area contributed by atoms with Gasteiger partial charge >= 0.3 is 0 Å². The van der Waals surface area contributed by atoms with Gasteiger partial charge in [0.2, 0.25) is 0 Å². The second kappa shape index (κ2) is 5.73. The molecular formula is C19H19N5O. The number of fused-ring (bicyclic) bond motifs is 1. The summed E-state index contributed by atoms with van der Waals surface area (Å²) < 4.78 is 1.93. The monoisotopic (exact) mass is 333 g/mol. The topological polar surface area (TPSA) is 78.0 Å². The number of imidazole rings is 1. The summed E-state index contributed by atoms with van der Waals surface area (Å²) in [6.07, 6.45) is 3.50. The Hall–Kier alpha value is -3.15. The Labute approximate surface area is 145 Å². The van der Waals surface area contributed by atoms with Crippen LogP contribution in [0.1, 0.15) is 17.0 Å². The van der Waals surface area contributed by atoms with Crippen LogP contribution in [0.25, 0.3) is 16.6 Å². The van der Waals surface area contributed by atoms with Crippen molar-refractivity contribution in [1.82, 2.24) is 19.4 Å². The van der Waals surface area contributed by atoms with Crippen molar-refractivity contribution in [2.75, 3.05) is 6.54 Å². The first kappa shape index (κ1) is 15.4. The normalized spacial score (nSPS) is 14.8. The molecular weight excluding hydrogens is 314 g/mol.